The van der Waals surface area contributed by atoms with Gasteiger partial charge in [-0.05, 0) is 57.1 Å². The van der Waals surface area contributed by atoms with E-state index in [9.17, 15) is 0 Å². The van der Waals surface area contributed by atoms with Gasteiger partial charge in [-0.25, -0.2) is 9.97 Å². The minimum atomic E-state index is 0.0551. The fourth-order valence-electron chi connectivity index (χ4n) is 3.07. The molecule has 146 valence electrons. The Kier molecular flexibility index (Phi) is 6.34. The SMILES string of the molecule is CNc1ccc(Cl)c(C#CC(=N)c2c(N)ncnc2NC2CCN(C)CC2)c1. The molecule has 1 aliphatic rings. The molecule has 2 heterocycles. The van der Waals surface area contributed by atoms with Gasteiger partial charge in [-0.1, -0.05) is 17.5 Å². The van der Waals surface area contributed by atoms with E-state index in [1.807, 2.05) is 19.2 Å². The summed E-state index contributed by atoms with van der Waals surface area (Å²) in [6.45, 7) is 2.04. The van der Waals surface area contributed by atoms with E-state index in [0.717, 1.165) is 31.6 Å². The number of nitrogens with one attached hydrogen (secondary N) is 3. The topological polar surface area (TPSA) is 103 Å². The quantitative estimate of drug-likeness (QED) is 0.467. The normalized spacial score (nSPS) is 14.8. The van der Waals surface area contributed by atoms with Gasteiger partial charge in [0.05, 0.1) is 10.6 Å². The standard InChI is InChI=1S/C20H24ClN7/c1-24-15-4-5-16(21)13(11-15)3-6-17(22)18-19(23)25-12-26-20(18)27-14-7-9-28(2)10-8-14/h4-5,11-12,14,22,24H,7-10H2,1-2H3,(H3,23,25,26,27). The van der Waals surface area contributed by atoms with Crippen LogP contribution in [0.5, 0.6) is 0 Å². The van der Waals surface area contributed by atoms with Gasteiger partial charge >= 0.3 is 0 Å². The van der Waals surface area contributed by atoms with E-state index in [4.69, 9.17) is 22.7 Å². The van der Waals surface area contributed by atoms with Crippen LogP contribution in [-0.2, 0) is 0 Å². The van der Waals surface area contributed by atoms with Crippen LogP contribution in [0.15, 0.2) is 24.5 Å². The zero-order valence-electron chi connectivity index (χ0n) is 16.0. The molecule has 1 saturated heterocycles. The molecule has 5 N–H and O–H groups in total. The number of nitrogens with two attached hydrogens (primary N) is 1. The molecule has 0 saturated carbocycles. The molecule has 0 spiro atoms. The number of halogens is 1. The smallest absolute Gasteiger partial charge is 0.141 e. The first kappa shape index (κ1) is 19.9. The second-order valence-corrected chi connectivity index (χ2v) is 7.18. The molecular formula is C20H24ClN7. The number of hydrogen-bond acceptors (Lipinski definition) is 7. The van der Waals surface area contributed by atoms with E-state index < -0.39 is 0 Å². The summed E-state index contributed by atoms with van der Waals surface area (Å²) in [6.07, 6.45) is 3.42. The summed E-state index contributed by atoms with van der Waals surface area (Å²) < 4.78 is 0. The van der Waals surface area contributed by atoms with Gasteiger partial charge in [-0.3, -0.25) is 5.41 Å². The van der Waals surface area contributed by atoms with Gasteiger partial charge in [-0.2, -0.15) is 0 Å². The van der Waals surface area contributed by atoms with Crippen LogP contribution in [0.25, 0.3) is 0 Å². The van der Waals surface area contributed by atoms with E-state index in [0.29, 0.717) is 22.0 Å². The van der Waals surface area contributed by atoms with Crippen LogP contribution in [0.4, 0.5) is 17.3 Å². The molecule has 0 amide bonds. The lowest BCUT2D eigenvalue weighted by Gasteiger charge is -2.30. The third kappa shape index (κ3) is 4.71. The monoisotopic (exact) mass is 397 g/mol. The highest BCUT2D eigenvalue weighted by molar-refractivity contribution is 6.32. The molecule has 0 bridgehead atoms. The maximum atomic E-state index is 8.44. The molecular weight excluding hydrogens is 374 g/mol. The average molecular weight is 398 g/mol. The van der Waals surface area contributed by atoms with E-state index in [2.05, 4.69) is 44.4 Å². The van der Waals surface area contributed by atoms with E-state index in [1.165, 1.54) is 6.33 Å². The zero-order valence-corrected chi connectivity index (χ0v) is 16.8. The number of piperidine rings is 1. The first-order valence-corrected chi connectivity index (χ1v) is 9.49. The molecule has 2 aromatic rings. The van der Waals surface area contributed by atoms with Crippen molar-refractivity contribution < 1.29 is 0 Å². The van der Waals surface area contributed by atoms with Gasteiger partial charge in [0.25, 0.3) is 0 Å². The van der Waals surface area contributed by atoms with Crippen molar-refractivity contribution in [2.24, 2.45) is 0 Å². The lowest BCUT2D eigenvalue weighted by atomic mass is 10.0. The van der Waals surface area contributed by atoms with E-state index in [-0.39, 0.29) is 17.6 Å². The molecule has 0 aliphatic carbocycles. The molecule has 1 aromatic carbocycles. The van der Waals surface area contributed by atoms with Gasteiger partial charge in [-0.15, -0.1) is 0 Å². The second-order valence-electron chi connectivity index (χ2n) is 6.77. The van der Waals surface area contributed by atoms with Crippen LogP contribution >= 0.6 is 11.6 Å². The minimum Gasteiger partial charge on any atom is -0.388 e. The number of aromatic nitrogens is 2. The molecule has 0 radical (unpaired) electrons. The predicted molar refractivity (Wildman–Crippen MR) is 115 cm³/mol. The molecule has 7 nitrogen and oxygen atoms in total. The Hall–Kier alpha value is -2.82. The molecule has 0 unspecified atom stereocenters. The highest BCUT2D eigenvalue weighted by Crippen LogP contribution is 2.22. The largest absolute Gasteiger partial charge is 0.388 e. The van der Waals surface area contributed by atoms with E-state index in [1.54, 1.807) is 6.07 Å². The molecule has 3 rings (SSSR count). The first-order chi connectivity index (χ1) is 13.5. The minimum absolute atomic E-state index is 0.0551. The van der Waals surface area contributed by atoms with Crippen LogP contribution in [0.3, 0.4) is 0 Å². The molecule has 28 heavy (non-hydrogen) atoms. The Labute approximate surface area is 170 Å². The summed E-state index contributed by atoms with van der Waals surface area (Å²) in [7, 11) is 3.94. The number of anilines is 3. The van der Waals surface area contributed by atoms with Crippen LogP contribution in [0, 0.1) is 17.3 Å². The molecule has 1 aromatic heterocycles. The summed E-state index contributed by atoms with van der Waals surface area (Å²) >= 11 is 6.22. The number of likely N-dealkylation sites (tertiary alicyclic amines) is 1. The predicted octanol–water partition coefficient (Wildman–Crippen LogP) is 2.68. The van der Waals surface area contributed by atoms with Crippen molar-refractivity contribution in [2.45, 2.75) is 18.9 Å². The van der Waals surface area contributed by atoms with Gasteiger partial charge in [0.1, 0.15) is 23.7 Å². The first-order valence-electron chi connectivity index (χ1n) is 9.11. The number of hydrogen-bond donors (Lipinski definition) is 4. The molecule has 1 fully saturated rings. The van der Waals surface area contributed by atoms with Crippen LogP contribution in [-0.4, -0.2) is 53.8 Å². The van der Waals surface area contributed by atoms with Crippen LogP contribution in [0.1, 0.15) is 24.0 Å². The number of nitrogens with zero attached hydrogens (tertiary/aromatic N) is 3. The molecule has 1 aliphatic heterocycles. The highest BCUT2D eigenvalue weighted by atomic mass is 35.5. The van der Waals surface area contributed by atoms with Gasteiger partial charge < -0.3 is 21.3 Å². The van der Waals surface area contributed by atoms with Crippen molar-refractivity contribution >= 4 is 34.6 Å². The van der Waals surface area contributed by atoms with Crippen molar-refractivity contribution in [3.63, 3.8) is 0 Å². The van der Waals surface area contributed by atoms with Crippen molar-refractivity contribution in [1.82, 2.24) is 14.9 Å². The number of benzene rings is 1. The Morgan fingerprint density at radius 1 is 1.32 bits per heavy atom. The third-order valence-electron chi connectivity index (χ3n) is 4.76. The van der Waals surface area contributed by atoms with Crippen molar-refractivity contribution in [3.8, 4) is 11.8 Å². The highest BCUT2D eigenvalue weighted by Gasteiger charge is 2.20. The lowest BCUT2D eigenvalue weighted by molar-refractivity contribution is 0.263. The maximum Gasteiger partial charge on any atom is 0.141 e. The Morgan fingerprint density at radius 3 is 2.79 bits per heavy atom. The lowest BCUT2D eigenvalue weighted by Crippen LogP contribution is -2.37. The van der Waals surface area contributed by atoms with Gasteiger partial charge in [0, 0.05) is 24.3 Å². The van der Waals surface area contributed by atoms with Gasteiger partial charge in [0.15, 0.2) is 0 Å². The summed E-state index contributed by atoms with van der Waals surface area (Å²) in [4.78, 5) is 10.6. The second kappa shape index (κ2) is 8.91. The summed E-state index contributed by atoms with van der Waals surface area (Å²) in [6, 6.07) is 5.76. The Balaban J connectivity index is 1.85. The summed E-state index contributed by atoms with van der Waals surface area (Å²) in [5.74, 6) is 6.59. The van der Waals surface area contributed by atoms with Crippen molar-refractivity contribution in [2.75, 3.05) is 43.6 Å². The molecule has 0 atom stereocenters. The number of rotatable bonds is 4. The maximum absolute atomic E-state index is 8.44. The summed E-state index contributed by atoms with van der Waals surface area (Å²) in [5, 5.41) is 15.4. The van der Waals surface area contributed by atoms with Crippen LogP contribution in [0.2, 0.25) is 5.02 Å². The molecule has 8 heteroatoms. The third-order valence-corrected chi connectivity index (χ3v) is 5.09. The van der Waals surface area contributed by atoms with Crippen molar-refractivity contribution in [1.29, 1.82) is 5.41 Å². The Morgan fingerprint density at radius 2 is 2.07 bits per heavy atom. The van der Waals surface area contributed by atoms with E-state index >= 15 is 0 Å². The fraction of sp³-hybridized carbons (Fsp3) is 0.350. The van der Waals surface area contributed by atoms with Crippen LogP contribution < -0.4 is 16.4 Å². The average Bonchev–Trinajstić information content (AvgIpc) is 2.69. The van der Waals surface area contributed by atoms with Crippen molar-refractivity contribution in [3.05, 3.63) is 40.7 Å². The Bertz CT molecular complexity index is 924. The summed E-state index contributed by atoms with van der Waals surface area (Å²) in [5.41, 5.74) is 8.06. The van der Waals surface area contributed by atoms with Gasteiger partial charge in [0.2, 0.25) is 0 Å². The zero-order chi connectivity index (χ0) is 20.1. The fourth-order valence-corrected chi connectivity index (χ4v) is 3.24. The number of nitrogen functional groups attached to an aromatic ring is 1.